The van der Waals surface area contributed by atoms with E-state index >= 15 is 0 Å². The van der Waals surface area contributed by atoms with Gasteiger partial charge in [0.25, 0.3) is 0 Å². The summed E-state index contributed by atoms with van der Waals surface area (Å²) in [5.74, 6) is 0. The topological polar surface area (TPSA) is 0 Å². The van der Waals surface area contributed by atoms with Gasteiger partial charge in [0.2, 0.25) is 0 Å². The van der Waals surface area contributed by atoms with Crippen molar-refractivity contribution in [1.29, 1.82) is 0 Å². The Labute approximate surface area is 103 Å². The molecule has 0 bridgehead atoms. The van der Waals surface area contributed by atoms with Crippen LogP contribution in [0, 0.1) is 0 Å². The molecule has 0 radical (unpaired) electrons. The number of hydrogen-bond donors (Lipinski definition) is 0. The summed E-state index contributed by atoms with van der Waals surface area (Å²) in [7, 11) is 13.4. The van der Waals surface area contributed by atoms with Gasteiger partial charge in [0.15, 0.2) is 0 Å². The summed E-state index contributed by atoms with van der Waals surface area (Å²) in [6.07, 6.45) is 6.46. The van der Waals surface area contributed by atoms with E-state index in [2.05, 4.69) is 12.1 Å². The van der Waals surface area contributed by atoms with Crippen molar-refractivity contribution >= 4 is 37.5 Å². The first-order valence-corrected chi connectivity index (χ1v) is 13.9. The summed E-state index contributed by atoms with van der Waals surface area (Å²) in [5.41, 5.74) is 0. The molecule has 3 heteroatoms. The SMILES string of the molecule is Cl[Te](Cl)(c1ccccc1)C1CCCCC1. The minimum absolute atomic E-state index is 0.604. The number of halogens is 2. The van der Waals surface area contributed by atoms with Gasteiger partial charge in [0.05, 0.1) is 0 Å². The van der Waals surface area contributed by atoms with Crippen molar-refractivity contribution in [3.05, 3.63) is 30.3 Å². The normalized spacial score (nSPS) is 20.1. The zero-order chi connectivity index (χ0) is 10.7. The summed E-state index contributed by atoms with van der Waals surface area (Å²) in [6, 6.07) is 10.3. The molecule has 0 aromatic heterocycles. The van der Waals surface area contributed by atoms with Gasteiger partial charge in [0, 0.05) is 0 Å². The number of benzene rings is 1. The van der Waals surface area contributed by atoms with Crippen molar-refractivity contribution < 1.29 is 0 Å². The molecular weight excluding hydrogens is 343 g/mol. The van der Waals surface area contributed by atoms with Crippen molar-refractivity contribution in [2.24, 2.45) is 0 Å². The fourth-order valence-electron chi connectivity index (χ4n) is 2.16. The molecule has 1 aromatic rings. The number of hydrogen-bond acceptors (Lipinski definition) is 0. The Kier molecular flexibility index (Phi) is 4.24. The van der Waals surface area contributed by atoms with Crippen LogP contribution in [-0.4, -0.2) is 15.9 Å². The van der Waals surface area contributed by atoms with Crippen molar-refractivity contribution in [3.8, 4) is 0 Å². The van der Waals surface area contributed by atoms with E-state index in [0.717, 1.165) is 0 Å². The summed E-state index contributed by atoms with van der Waals surface area (Å²) in [6.45, 7) is 0. The van der Waals surface area contributed by atoms with E-state index in [1.807, 2.05) is 18.2 Å². The molecule has 1 fully saturated rings. The van der Waals surface area contributed by atoms with Crippen LogP contribution in [-0.2, 0) is 0 Å². The molecule has 15 heavy (non-hydrogen) atoms. The molecule has 0 atom stereocenters. The van der Waals surface area contributed by atoms with Crippen molar-refractivity contribution in [1.82, 2.24) is 0 Å². The van der Waals surface area contributed by atoms with Gasteiger partial charge in [-0.1, -0.05) is 0 Å². The fraction of sp³-hybridized carbons (Fsp3) is 0.500. The molecule has 0 N–H and O–H groups in total. The Bertz CT molecular complexity index is 305. The maximum atomic E-state index is 6.70. The zero-order valence-corrected chi connectivity index (χ0v) is 12.5. The molecule has 0 aliphatic heterocycles. The summed E-state index contributed by atoms with van der Waals surface area (Å²) < 4.78 is 1.84. The molecule has 84 valence electrons. The number of rotatable bonds is 2. The molecule has 0 heterocycles. The quantitative estimate of drug-likeness (QED) is 0.697. The molecule has 2 rings (SSSR count). The van der Waals surface area contributed by atoms with E-state index in [4.69, 9.17) is 17.9 Å². The second kappa shape index (κ2) is 5.28. The Morgan fingerprint density at radius 2 is 1.53 bits per heavy atom. The van der Waals surface area contributed by atoms with Gasteiger partial charge in [-0.3, -0.25) is 0 Å². The monoisotopic (exact) mass is 360 g/mol. The summed E-state index contributed by atoms with van der Waals surface area (Å²) in [5, 5.41) is 0. The molecule has 0 saturated heterocycles. The Balaban J connectivity index is 2.18. The van der Waals surface area contributed by atoms with Crippen LogP contribution in [0.5, 0.6) is 0 Å². The first-order chi connectivity index (χ1) is 7.21. The Morgan fingerprint density at radius 3 is 2.13 bits per heavy atom. The molecule has 0 spiro atoms. The van der Waals surface area contributed by atoms with Crippen LogP contribution in [0.3, 0.4) is 0 Å². The van der Waals surface area contributed by atoms with Crippen molar-refractivity contribution in [2.75, 3.05) is 0 Å². The third kappa shape index (κ3) is 2.83. The van der Waals surface area contributed by atoms with Gasteiger partial charge in [-0.25, -0.2) is 0 Å². The summed E-state index contributed by atoms with van der Waals surface area (Å²) >= 11 is -2.80. The Hall–Kier alpha value is 0.590. The standard InChI is InChI=1S/C12H16Cl2Te/c13-15(14,11-7-3-1-4-8-11)12-9-5-2-6-10-12/h1,3-4,7-8,12H,2,5-6,9-10H2. The third-order valence-electron chi connectivity index (χ3n) is 3.03. The predicted octanol–water partition coefficient (Wildman–Crippen LogP) is 4.15. The average Bonchev–Trinajstić information content (AvgIpc) is 2.31. The molecule has 1 aliphatic rings. The third-order valence-corrected chi connectivity index (χ3v) is 15.1. The van der Waals surface area contributed by atoms with E-state index < -0.39 is 15.9 Å². The van der Waals surface area contributed by atoms with Gasteiger partial charge in [-0.2, -0.15) is 0 Å². The van der Waals surface area contributed by atoms with Crippen LogP contribution < -0.4 is 3.61 Å². The van der Waals surface area contributed by atoms with Gasteiger partial charge >= 0.3 is 104 Å². The second-order valence-electron chi connectivity index (χ2n) is 4.08. The van der Waals surface area contributed by atoms with Gasteiger partial charge in [-0.05, 0) is 0 Å². The first kappa shape index (κ1) is 12.1. The van der Waals surface area contributed by atoms with E-state index in [1.165, 1.54) is 35.7 Å². The van der Waals surface area contributed by atoms with E-state index in [1.54, 1.807) is 0 Å². The average molecular weight is 359 g/mol. The summed E-state index contributed by atoms with van der Waals surface area (Å²) in [4.78, 5) is 0. The van der Waals surface area contributed by atoms with Crippen LogP contribution in [0.4, 0.5) is 0 Å². The predicted molar refractivity (Wildman–Crippen MR) is 70.4 cm³/mol. The molecule has 1 aromatic carbocycles. The molecule has 0 unspecified atom stereocenters. The van der Waals surface area contributed by atoms with Crippen LogP contribution in [0.25, 0.3) is 0 Å². The van der Waals surface area contributed by atoms with Crippen molar-refractivity contribution in [3.63, 3.8) is 0 Å². The van der Waals surface area contributed by atoms with Crippen molar-refractivity contribution in [2.45, 2.75) is 36.1 Å². The maximum absolute atomic E-state index is 6.70. The van der Waals surface area contributed by atoms with Crippen LogP contribution in [0.2, 0.25) is 3.97 Å². The van der Waals surface area contributed by atoms with Gasteiger partial charge in [-0.15, -0.1) is 0 Å². The minimum atomic E-state index is -2.80. The molecule has 0 nitrogen and oxygen atoms in total. The molecular formula is C12H16Cl2Te. The molecule has 0 amide bonds. The van der Waals surface area contributed by atoms with Gasteiger partial charge in [0.1, 0.15) is 0 Å². The zero-order valence-electron chi connectivity index (χ0n) is 8.66. The molecule has 1 aliphatic carbocycles. The van der Waals surface area contributed by atoms with Crippen LogP contribution in [0.15, 0.2) is 30.3 Å². The van der Waals surface area contributed by atoms with Gasteiger partial charge < -0.3 is 0 Å². The first-order valence-electron chi connectivity index (χ1n) is 5.48. The molecule has 1 saturated carbocycles. The second-order valence-corrected chi connectivity index (χ2v) is 17.8. The van der Waals surface area contributed by atoms with Crippen LogP contribution in [0.1, 0.15) is 32.1 Å². The Morgan fingerprint density at radius 1 is 0.933 bits per heavy atom. The fourth-order valence-corrected chi connectivity index (χ4v) is 11.1. The van der Waals surface area contributed by atoms with Crippen LogP contribution >= 0.6 is 17.9 Å². The van der Waals surface area contributed by atoms with E-state index in [9.17, 15) is 0 Å². The van der Waals surface area contributed by atoms with E-state index in [-0.39, 0.29) is 0 Å². The van der Waals surface area contributed by atoms with E-state index in [0.29, 0.717) is 3.97 Å².